The summed E-state index contributed by atoms with van der Waals surface area (Å²) in [7, 11) is -3.55. The molecule has 1 aliphatic heterocycles. The molecule has 1 aromatic carbocycles. The fourth-order valence-corrected chi connectivity index (χ4v) is 5.35. The molecule has 1 amide bonds. The van der Waals surface area contributed by atoms with Crippen molar-refractivity contribution in [3.8, 4) is 5.69 Å². The lowest BCUT2D eigenvalue weighted by atomic mass is 10.1. The summed E-state index contributed by atoms with van der Waals surface area (Å²) in [5, 5.41) is 1.15. The van der Waals surface area contributed by atoms with Crippen LogP contribution in [0.15, 0.2) is 60.5 Å². The zero-order valence-electron chi connectivity index (χ0n) is 16.5. The molecule has 3 aromatic rings. The summed E-state index contributed by atoms with van der Waals surface area (Å²) in [5.41, 5.74) is 1.54. The Bertz CT molecular complexity index is 1170. The SMILES string of the molecule is O=C(c1ccc(-n2ccnc2)cc1)N1CC[C@H](CNS(=O)(=O)C=Cc2ccc(Cl)s2)C1. The van der Waals surface area contributed by atoms with Gasteiger partial charge in [-0.3, -0.25) is 4.79 Å². The number of hydrogen-bond acceptors (Lipinski definition) is 5. The number of likely N-dealkylation sites (tertiary alicyclic amines) is 1. The number of hydrogen-bond donors (Lipinski definition) is 1. The molecule has 1 fully saturated rings. The highest BCUT2D eigenvalue weighted by molar-refractivity contribution is 7.92. The Morgan fingerprint density at radius 3 is 2.74 bits per heavy atom. The molecular weight excluding hydrogens is 456 g/mol. The van der Waals surface area contributed by atoms with Crippen LogP contribution < -0.4 is 4.72 Å². The van der Waals surface area contributed by atoms with Gasteiger partial charge in [0.15, 0.2) is 0 Å². The number of rotatable bonds is 7. The maximum absolute atomic E-state index is 12.8. The van der Waals surface area contributed by atoms with Crippen LogP contribution in [0.1, 0.15) is 21.7 Å². The Kier molecular flexibility index (Phi) is 6.57. The summed E-state index contributed by atoms with van der Waals surface area (Å²) >= 11 is 7.17. The quantitative estimate of drug-likeness (QED) is 0.564. The van der Waals surface area contributed by atoms with Crippen LogP contribution in [0.25, 0.3) is 11.8 Å². The summed E-state index contributed by atoms with van der Waals surface area (Å²) < 4.78 is 29.5. The van der Waals surface area contributed by atoms with E-state index in [0.29, 0.717) is 29.5 Å². The van der Waals surface area contributed by atoms with Crippen LogP contribution in [0.3, 0.4) is 0 Å². The summed E-state index contributed by atoms with van der Waals surface area (Å²) in [4.78, 5) is 19.4. The van der Waals surface area contributed by atoms with E-state index < -0.39 is 10.0 Å². The molecule has 0 aliphatic carbocycles. The Morgan fingerprint density at radius 1 is 1.26 bits per heavy atom. The minimum absolute atomic E-state index is 0.0444. The number of imidazole rings is 1. The lowest BCUT2D eigenvalue weighted by Crippen LogP contribution is -2.32. The Hall–Kier alpha value is -2.46. The van der Waals surface area contributed by atoms with Crippen LogP contribution in [-0.4, -0.2) is 48.4 Å². The van der Waals surface area contributed by atoms with E-state index in [0.717, 1.165) is 22.4 Å². The van der Waals surface area contributed by atoms with Crippen molar-refractivity contribution in [2.45, 2.75) is 6.42 Å². The van der Waals surface area contributed by atoms with Gasteiger partial charge in [0.1, 0.15) is 0 Å². The summed E-state index contributed by atoms with van der Waals surface area (Å²) in [6, 6.07) is 10.8. The summed E-state index contributed by atoms with van der Waals surface area (Å²) in [6.07, 6.45) is 7.52. The number of amides is 1. The van der Waals surface area contributed by atoms with Crippen LogP contribution >= 0.6 is 22.9 Å². The van der Waals surface area contributed by atoms with E-state index in [1.165, 1.54) is 17.4 Å². The normalized spacial score (nSPS) is 16.9. The number of halogens is 1. The van der Waals surface area contributed by atoms with Gasteiger partial charge in [0.2, 0.25) is 10.0 Å². The van der Waals surface area contributed by atoms with Crippen molar-refractivity contribution in [1.29, 1.82) is 0 Å². The van der Waals surface area contributed by atoms with Crippen molar-refractivity contribution in [3.63, 3.8) is 0 Å². The number of nitrogens with one attached hydrogen (secondary N) is 1. The first kappa shape index (κ1) is 21.8. The highest BCUT2D eigenvalue weighted by Gasteiger charge is 2.27. The lowest BCUT2D eigenvalue weighted by Gasteiger charge is -2.17. The predicted molar refractivity (Wildman–Crippen MR) is 123 cm³/mol. The van der Waals surface area contributed by atoms with Gasteiger partial charge in [-0.1, -0.05) is 11.6 Å². The number of carbonyl (C=O) groups excluding carboxylic acids is 1. The molecule has 0 spiro atoms. The summed E-state index contributed by atoms with van der Waals surface area (Å²) in [5.74, 6) is 0.0329. The van der Waals surface area contributed by atoms with E-state index in [2.05, 4.69) is 9.71 Å². The van der Waals surface area contributed by atoms with E-state index in [1.807, 2.05) is 22.9 Å². The highest BCUT2D eigenvalue weighted by Crippen LogP contribution is 2.23. The standard InChI is InChI=1S/C21H21ClN4O3S2/c22-20-6-5-19(30-20)8-12-31(28,29)24-13-16-7-10-25(14-16)21(27)17-1-3-18(4-2-17)26-11-9-23-15-26/h1-6,8-9,11-12,15-16,24H,7,10,13-14H2/t16-/m1/s1. The van der Waals surface area contributed by atoms with Gasteiger partial charge in [-0.15, -0.1) is 11.3 Å². The van der Waals surface area contributed by atoms with Gasteiger partial charge in [0, 0.05) is 53.6 Å². The number of nitrogens with zero attached hydrogens (tertiary/aromatic N) is 3. The smallest absolute Gasteiger partial charge is 0.253 e. The molecule has 0 saturated carbocycles. The van der Waals surface area contributed by atoms with Crippen LogP contribution in [-0.2, 0) is 10.0 Å². The molecule has 162 valence electrons. The van der Waals surface area contributed by atoms with Crippen molar-refractivity contribution in [1.82, 2.24) is 19.2 Å². The fourth-order valence-electron chi connectivity index (χ4n) is 3.41. The summed E-state index contributed by atoms with van der Waals surface area (Å²) in [6.45, 7) is 1.42. The average Bonchev–Trinajstić information content (AvgIpc) is 3.52. The van der Waals surface area contributed by atoms with Gasteiger partial charge in [-0.25, -0.2) is 18.1 Å². The molecule has 0 unspecified atom stereocenters. The van der Waals surface area contributed by atoms with Gasteiger partial charge < -0.3 is 9.47 Å². The number of sulfonamides is 1. The minimum atomic E-state index is -3.55. The average molecular weight is 477 g/mol. The molecule has 1 atom stereocenters. The molecular formula is C21H21ClN4O3S2. The lowest BCUT2D eigenvalue weighted by molar-refractivity contribution is 0.0787. The third kappa shape index (κ3) is 5.62. The van der Waals surface area contributed by atoms with Crippen LogP contribution in [0.2, 0.25) is 4.34 Å². The van der Waals surface area contributed by atoms with Gasteiger partial charge in [0.05, 0.1) is 10.7 Å². The first-order valence-electron chi connectivity index (χ1n) is 9.70. The largest absolute Gasteiger partial charge is 0.338 e. The molecule has 31 heavy (non-hydrogen) atoms. The monoisotopic (exact) mass is 476 g/mol. The van der Waals surface area contributed by atoms with Crippen LogP contribution in [0.5, 0.6) is 0 Å². The molecule has 1 N–H and O–H groups in total. The molecule has 7 nitrogen and oxygen atoms in total. The topological polar surface area (TPSA) is 84.3 Å². The van der Waals surface area contributed by atoms with Gasteiger partial charge >= 0.3 is 0 Å². The number of thiophene rings is 1. The third-order valence-electron chi connectivity index (χ3n) is 5.07. The van der Waals surface area contributed by atoms with Crippen molar-refractivity contribution in [3.05, 3.63) is 75.3 Å². The maximum Gasteiger partial charge on any atom is 0.253 e. The van der Waals surface area contributed by atoms with Gasteiger partial charge in [-0.05, 0) is 54.8 Å². The molecule has 0 bridgehead atoms. The second kappa shape index (κ2) is 9.35. The Labute approximate surface area is 190 Å². The minimum Gasteiger partial charge on any atom is -0.338 e. The second-order valence-electron chi connectivity index (χ2n) is 7.26. The zero-order valence-corrected chi connectivity index (χ0v) is 18.9. The molecule has 2 aromatic heterocycles. The maximum atomic E-state index is 12.8. The van der Waals surface area contributed by atoms with Crippen LogP contribution in [0.4, 0.5) is 0 Å². The van der Waals surface area contributed by atoms with Crippen molar-refractivity contribution < 1.29 is 13.2 Å². The molecule has 4 rings (SSSR count). The zero-order chi connectivity index (χ0) is 21.8. The number of benzene rings is 1. The van der Waals surface area contributed by atoms with Crippen LogP contribution in [0, 0.1) is 5.92 Å². The molecule has 0 radical (unpaired) electrons. The Balaban J connectivity index is 1.29. The van der Waals surface area contributed by atoms with E-state index in [1.54, 1.807) is 41.7 Å². The number of aromatic nitrogens is 2. The molecule has 10 heteroatoms. The van der Waals surface area contributed by atoms with Crippen molar-refractivity contribution in [2.75, 3.05) is 19.6 Å². The first-order chi connectivity index (χ1) is 14.9. The number of carbonyl (C=O) groups is 1. The van der Waals surface area contributed by atoms with Crippen molar-refractivity contribution >= 4 is 44.9 Å². The van der Waals surface area contributed by atoms with E-state index in [9.17, 15) is 13.2 Å². The van der Waals surface area contributed by atoms with E-state index in [4.69, 9.17) is 11.6 Å². The van der Waals surface area contributed by atoms with E-state index in [-0.39, 0.29) is 11.8 Å². The second-order valence-corrected chi connectivity index (χ2v) is 10.7. The first-order valence-corrected chi connectivity index (χ1v) is 12.4. The molecule has 3 heterocycles. The third-order valence-corrected chi connectivity index (χ3v) is 7.33. The fraction of sp³-hybridized carbons (Fsp3) is 0.238. The molecule has 1 saturated heterocycles. The van der Waals surface area contributed by atoms with Gasteiger partial charge in [-0.2, -0.15) is 0 Å². The van der Waals surface area contributed by atoms with Gasteiger partial charge in [0.25, 0.3) is 5.91 Å². The van der Waals surface area contributed by atoms with E-state index >= 15 is 0 Å². The highest BCUT2D eigenvalue weighted by atomic mass is 35.5. The Morgan fingerprint density at radius 2 is 2.06 bits per heavy atom. The molecule has 1 aliphatic rings. The van der Waals surface area contributed by atoms with Crippen molar-refractivity contribution in [2.24, 2.45) is 5.92 Å². The predicted octanol–water partition coefficient (Wildman–Crippen LogP) is 3.64.